The quantitative estimate of drug-likeness (QED) is 0.751. The molecule has 0 atom stereocenters. The van der Waals surface area contributed by atoms with Crippen LogP contribution in [0, 0.1) is 6.92 Å². The lowest BCUT2D eigenvalue weighted by atomic mass is 10.1. The third-order valence-corrected chi connectivity index (χ3v) is 4.83. The molecule has 0 aliphatic heterocycles. The number of aryl methyl sites for hydroxylation is 1. The summed E-state index contributed by atoms with van der Waals surface area (Å²) >= 11 is 0.966. The zero-order valence-electron chi connectivity index (χ0n) is 12.5. The Morgan fingerprint density at radius 3 is 2.67 bits per heavy atom. The Morgan fingerprint density at radius 1 is 1.25 bits per heavy atom. The van der Waals surface area contributed by atoms with Gasteiger partial charge in [0.15, 0.2) is 0 Å². The molecule has 0 amide bonds. The lowest BCUT2D eigenvalue weighted by Gasteiger charge is -2.06. The number of fused-ring (bicyclic) bond motifs is 1. The zero-order chi connectivity index (χ0) is 17.4. The summed E-state index contributed by atoms with van der Waals surface area (Å²) in [4.78, 5) is 39.5. The number of rotatable bonds is 4. The highest BCUT2D eigenvalue weighted by Gasteiger charge is 2.18. The molecule has 0 saturated heterocycles. The number of aromatic carboxylic acids is 2. The number of carboxylic acid groups (broad SMARTS) is 2. The van der Waals surface area contributed by atoms with Crippen LogP contribution in [0.3, 0.4) is 0 Å². The third kappa shape index (κ3) is 2.67. The fourth-order valence-electron chi connectivity index (χ4n) is 2.48. The van der Waals surface area contributed by atoms with Gasteiger partial charge in [-0.2, -0.15) is 0 Å². The van der Waals surface area contributed by atoms with Gasteiger partial charge in [-0.1, -0.05) is 12.1 Å². The molecule has 8 heteroatoms. The lowest BCUT2D eigenvalue weighted by molar-refractivity contribution is 0.0688. The van der Waals surface area contributed by atoms with Crippen LogP contribution >= 0.6 is 11.3 Å². The Morgan fingerprint density at radius 2 is 2.00 bits per heavy atom. The molecular weight excluding hydrogens is 332 g/mol. The fraction of sp³-hybridized carbons (Fsp3) is 0.125. The summed E-state index contributed by atoms with van der Waals surface area (Å²) in [6.45, 7) is 1.74. The lowest BCUT2D eigenvalue weighted by Crippen LogP contribution is -2.21. The highest BCUT2D eigenvalue weighted by molar-refractivity contribution is 7.20. The summed E-state index contributed by atoms with van der Waals surface area (Å²) in [7, 11) is 0. The molecule has 3 rings (SSSR count). The van der Waals surface area contributed by atoms with Crippen molar-refractivity contribution in [1.82, 2.24) is 9.55 Å². The molecule has 122 valence electrons. The molecule has 0 saturated carbocycles. The van der Waals surface area contributed by atoms with Crippen LogP contribution in [0.25, 0.3) is 10.2 Å². The van der Waals surface area contributed by atoms with Crippen LogP contribution < -0.4 is 5.56 Å². The van der Waals surface area contributed by atoms with Gasteiger partial charge in [0.25, 0.3) is 5.56 Å². The van der Waals surface area contributed by atoms with Gasteiger partial charge in [0.2, 0.25) is 0 Å². The highest BCUT2D eigenvalue weighted by atomic mass is 32.1. The summed E-state index contributed by atoms with van der Waals surface area (Å²) < 4.78 is 1.34. The first kappa shape index (κ1) is 15.9. The largest absolute Gasteiger partial charge is 0.478 e. The standard InChI is InChI=1S/C16H12N2O5S/c1-8-11-13(24-12(8)16(22)23)17-7-18(14(11)19)6-9-3-2-4-10(5-9)15(20)21/h2-5,7H,6H2,1H3,(H,20,21)(H,22,23). The maximum absolute atomic E-state index is 12.6. The SMILES string of the molecule is Cc1c(C(=O)O)sc2ncn(Cc3cccc(C(=O)O)c3)c(=O)c12. The van der Waals surface area contributed by atoms with Gasteiger partial charge in [-0.05, 0) is 30.2 Å². The van der Waals surface area contributed by atoms with Gasteiger partial charge in [-0.15, -0.1) is 11.3 Å². The van der Waals surface area contributed by atoms with E-state index in [9.17, 15) is 14.4 Å². The Hall–Kier alpha value is -3.00. The van der Waals surface area contributed by atoms with Crippen molar-refractivity contribution >= 4 is 33.5 Å². The van der Waals surface area contributed by atoms with Gasteiger partial charge in [-0.3, -0.25) is 9.36 Å². The first-order chi connectivity index (χ1) is 11.4. The molecule has 2 aromatic heterocycles. The van der Waals surface area contributed by atoms with Crippen LogP contribution in [0.2, 0.25) is 0 Å². The van der Waals surface area contributed by atoms with Gasteiger partial charge in [0.05, 0.1) is 23.8 Å². The molecule has 1 aromatic carbocycles. The van der Waals surface area contributed by atoms with E-state index in [0.717, 1.165) is 11.3 Å². The van der Waals surface area contributed by atoms with Crippen molar-refractivity contribution in [3.05, 3.63) is 62.5 Å². The number of benzene rings is 1. The molecule has 3 aromatic rings. The third-order valence-electron chi connectivity index (χ3n) is 3.64. The van der Waals surface area contributed by atoms with Gasteiger partial charge in [0, 0.05) is 0 Å². The number of carbonyl (C=O) groups is 2. The maximum Gasteiger partial charge on any atom is 0.346 e. The second-order valence-electron chi connectivity index (χ2n) is 5.22. The van der Waals surface area contributed by atoms with Gasteiger partial charge in [-0.25, -0.2) is 14.6 Å². The number of nitrogens with zero attached hydrogens (tertiary/aromatic N) is 2. The number of hydrogen-bond donors (Lipinski definition) is 2. The van der Waals surface area contributed by atoms with Crippen LogP contribution in [0.15, 0.2) is 35.4 Å². The van der Waals surface area contributed by atoms with Crippen LogP contribution in [0.1, 0.15) is 31.2 Å². The molecule has 0 radical (unpaired) electrons. The topological polar surface area (TPSA) is 109 Å². The van der Waals surface area contributed by atoms with E-state index >= 15 is 0 Å². The summed E-state index contributed by atoms with van der Waals surface area (Å²) in [5, 5.41) is 18.5. The zero-order valence-corrected chi connectivity index (χ0v) is 13.3. The van der Waals surface area contributed by atoms with E-state index in [0.29, 0.717) is 16.0 Å². The number of aromatic nitrogens is 2. The highest BCUT2D eigenvalue weighted by Crippen LogP contribution is 2.26. The Labute approximate surface area is 139 Å². The normalized spacial score (nSPS) is 10.9. The van der Waals surface area contributed by atoms with E-state index in [2.05, 4.69) is 4.98 Å². The summed E-state index contributed by atoms with van der Waals surface area (Å²) in [6, 6.07) is 6.28. The molecule has 0 aliphatic carbocycles. The van der Waals surface area contributed by atoms with Gasteiger partial charge >= 0.3 is 11.9 Å². The Bertz CT molecular complexity index is 1030. The minimum absolute atomic E-state index is 0.0974. The van der Waals surface area contributed by atoms with E-state index in [-0.39, 0.29) is 27.9 Å². The molecule has 0 spiro atoms. The first-order valence-electron chi connectivity index (χ1n) is 6.92. The predicted molar refractivity (Wildman–Crippen MR) is 88.1 cm³/mol. The molecule has 2 N–H and O–H groups in total. The minimum atomic E-state index is -1.09. The van der Waals surface area contributed by atoms with E-state index in [1.54, 1.807) is 19.1 Å². The summed E-state index contributed by atoms with van der Waals surface area (Å²) in [5.74, 6) is -2.13. The first-order valence-corrected chi connectivity index (χ1v) is 7.74. The molecule has 0 fully saturated rings. The Balaban J connectivity index is 2.08. The molecule has 7 nitrogen and oxygen atoms in total. The average Bonchev–Trinajstić information content (AvgIpc) is 2.88. The molecular formula is C16H12N2O5S. The van der Waals surface area contributed by atoms with Crippen molar-refractivity contribution < 1.29 is 19.8 Å². The predicted octanol–water partition coefficient (Wildman–Crippen LogP) is 2.21. The fourth-order valence-corrected chi connectivity index (χ4v) is 3.45. The Kier molecular flexibility index (Phi) is 3.90. The van der Waals surface area contributed by atoms with Crippen molar-refractivity contribution in [2.24, 2.45) is 0 Å². The molecule has 2 heterocycles. The number of carboxylic acids is 2. The van der Waals surface area contributed by atoms with Crippen molar-refractivity contribution in [2.45, 2.75) is 13.5 Å². The van der Waals surface area contributed by atoms with Crippen LogP contribution in [-0.4, -0.2) is 31.7 Å². The monoisotopic (exact) mass is 344 g/mol. The number of hydrogen-bond acceptors (Lipinski definition) is 5. The molecule has 0 bridgehead atoms. The van der Waals surface area contributed by atoms with E-state index in [4.69, 9.17) is 10.2 Å². The second-order valence-corrected chi connectivity index (χ2v) is 6.22. The van der Waals surface area contributed by atoms with Gasteiger partial charge < -0.3 is 10.2 Å². The van der Waals surface area contributed by atoms with E-state index < -0.39 is 11.9 Å². The molecule has 24 heavy (non-hydrogen) atoms. The van der Waals surface area contributed by atoms with Crippen molar-refractivity contribution in [3.63, 3.8) is 0 Å². The second kappa shape index (κ2) is 5.89. The van der Waals surface area contributed by atoms with Crippen LogP contribution in [0.5, 0.6) is 0 Å². The van der Waals surface area contributed by atoms with Crippen molar-refractivity contribution in [3.8, 4) is 0 Å². The molecule has 0 unspecified atom stereocenters. The van der Waals surface area contributed by atoms with Gasteiger partial charge in [0.1, 0.15) is 9.71 Å². The smallest absolute Gasteiger partial charge is 0.346 e. The van der Waals surface area contributed by atoms with E-state index in [1.165, 1.54) is 23.0 Å². The summed E-state index contributed by atoms with van der Waals surface area (Å²) in [5.41, 5.74) is 0.828. The van der Waals surface area contributed by atoms with Crippen molar-refractivity contribution in [2.75, 3.05) is 0 Å². The maximum atomic E-state index is 12.6. The van der Waals surface area contributed by atoms with Crippen molar-refractivity contribution in [1.29, 1.82) is 0 Å². The van der Waals surface area contributed by atoms with Crippen LogP contribution in [0.4, 0.5) is 0 Å². The number of thiophene rings is 1. The summed E-state index contributed by atoms with van der Waals surface area (Å²) in [6.07, 6.45) is 1.35. The molecule has 0 aliphatic rings. The van der Waals surface area contributed by atoms with E-state index in [1.807, 2.05) is 0 Å². The minimum Gasteiger partial charge on any atom is -0.478 e. The van der Waals surface area contributed by atoms with Crippen LogP contribution in [-0.2, 0) is 6.54 Å². The average molecular weight is 344 g/mol.